The van der Waals surface area contributed by atoms with Crippen LogP contribution in [0.1, 0.15) is 42.0 Å². The monoisotopic (exact) mass is 275 g/mol. The second-order valence-corrected chi connectivity index (χ2v) is 6.16. The van der Waals surface area contributed by atoms with Gasteiger partial charge in [-0.3, -0.25) is 0 Å². The molecular weight excluding hydrogens is 254 g/mol. The summed E-state index contributed by atoms with van der Waals surface area (Å²) < 4.78 is 0. The zero-order chi connectivity index (χ0) is 14.2. The van der Waals surface area contributed by atoms with Crippen molar-refractivity contribution in [1.29, 1.82) is 0 Å². The fourth-order valence-corrected chi connectivity index (χ4v) is 3.85. The van der Waals surface area contributed by atoms with Gasteiger partial charge in [-0.05, 0) is 41.5 Å². The van der Waals surface area contributed by atoms with Crippen LogP contribution in [0.4, 0.5) is 5.69 Å². The molecule has 0 saturated heterocycles. The lowest BCUT2D eigenvalue weighted by Gasteiger charge is -2.37. The number of rotatable bonds is 2. The maximum atomic E-state index is 3.80. The second kappa shape index (κ2) is 5.07. The molecule has 2 aromatic rings. The van der Waals surface area contributed by atoms with Crippen molar-refractivity contribution in [3.63, 3.8) is 0 Å². The van der Waals surface area contributed by atoms with Gasteiger partial charge in [-0.15, -0.1) is 0 Å². The van der Waals surface area contributed by atoms with Gasteiger partial charge in [0.05, 0.1) is 6.04 Å². The number of nitrogens with one attached hydrogen (secondary N) is 1. The van der Waals surface area contributed by atoms with Gasteiger partial charge in [-0.2, -0.15) is 0 Å². The van der Waals surface area contributed by atoms with Gasteiger partial charge in [0.25, 0.3) is 0 Å². The molecule has 1 nitrogen and oxygen atoms in total. The smallest absolute Gasteiger partial charge is 0.0553 e. The Morgan fingerprint density at radius 3 is 2.76 bits per heavy atom. The number of hydrogen-bond donors (Lipinski definition) is 1. The van der Waals surface area contributed by atoms with Crippen molar-refractivity contribution in [3.8, 4) is 0 Å². The van der Waals surface area contributed by atoms with E-state index in [-0.39, 0.29) is 0 Å². The van der Waals surface area contributed by atoms with E-state index in [4.69, 9.17) is 0 Å². The van der Waals surface area contributed by atoms with Crippen LogP contribution in [0.2, 0.25) is 0 Å². The first-order valence-electron chi connectivity index (χ1n) is 7.98. The van der Waals surface area contributed by atoms with E-state index in [0.29, 0.717) is 17.9 Å². The topological polar surface area (TPSA) is 12.0 Å². The van der Waals surface area contributed by atoms with Crippen LogP contribution >= 0.6 is 0 Å². The van der Waals surface area contributed by atoms with Gasteiger partial charge in [0, 0.05) is 11.6 Å². The van der Waals surface area contributed by atoms with Gasteiger partial charge < -0.3 is 5.32 Å². The van der Waals surface area contributed by atoms with Crippen molar-refractivity contribution in [1.82, 2.24) is 0 Å². The predicted octanol–water partition coefficient (Wildman–Crippen LogP) is 5.08. The minimum Gasteiger partial charge on any atom is -0.378 e. The zero-order valence-corrected chi connectivity index (χ0v) is 12.4. The van der Waals surface area contributed by atoms with E-state index in [2.05, 4.69) is 72.9 Å². The van der Waals surface area contributed by atoms with Crippen molar-refractivity contribution in [2.75, 3.05) is 5.32 Å². The fourth-order valence-electron chi connectivity index (χ4n) is 3.85. The molecule has 106 valence electrons. The average molecular weight is 275 g/mol. The van der Waals surface area contributed by atoms with Gasteiger partial charge >= 0.3 is 0 Å². The Hall–Kier alpha value is -2.02. The molecule has 1 heteroatoms. The molecule has 0 unspecified atom stereocenters. The Morgan fingerprint density at radius 2 is 1.95 bits per heavy atom. The summed E-state index contributed by atoms with van der Waals surface area (Å²) >= 11 is 0. The minimum absolute atomic E-state index is 0.422. The van der Waals surface area contributed by atoms with E-state index in [1.807, 2.05) is 0 Å². The van der Waals surface area contributed by atoms with Crippen LogP contribution in [0.5, 0.6) is 0 Å². The lowest BCUT2D eigenvalue weighted by molar-refractivity contribution is 0.425. The lowest BCUT2D eigenvalue weighted by atomic mass is 9.76. The van der Waals surface area contributed by atoms with E-state index in [9.17, 15) is 0 Å². The average Bonchev–Trinajstić information content (AvgIpc) is 3.04. The van der Waals surface area contributed by atoms with E-state index >= 15 is 0 Å². The molecule has 0 radical (unpaired) electrons. The van der Waals surface area contributed by atoms with Crippen molar-refractivity contribution >= 4 is 5.69 Å². The van der Waals surface area contributed by atoms with Crippen LogP contribution in [0.25, 0.3) is 0 Å². The Bertz CT molecular complexity index is 671. The molecule has 4 rings (SSSR count). The fraction of sp³-hybridized carbons (Fsp3) is 0.300. The number of aryl methyl sites for hydroxylation is 1. The summed E-state index contributed by atoms with van der Waals surface area (Å²) in [5, 5.41) is 3.80. The predicted molar refractivity (Wildman–Crippen MR) is 88.6 cm³/mol. The number of benzene rings is 2. The highest BCUT2D eigenvalue weighted by Gasteiger charge is 2.37. The molecule has 0 amide bonds. The van der Waals surface area contributed by atoms with Crippen molar-refractivity contribution in [3.05, 3.63) is 77.4 Å². The molecule has 0 bridgehead atoms. The standard InChI is InChI=1S/C20H21N/c1-2-14-11-12-19-18(13-14)16-9-6-10-17(16)20(21-19)15-7-4-3-5-8-15/h3-9,11-13,16-17,20-21H,2,10H2,1H3/t16-,17+,20-/m1/s1. The molecule has 0 saturated carbocycles. The molecule has 2 aromatic carbocycles. The number of allylic oxidation sites excluding steroid dienone is 2. The van der Waals surface area contributed by atoms with Gasteiger partial charge in [0.15, 0.2) is 0 Å². The second-order valence-electron chi connectivity index (χ2n) is 6.16. The summed E-state index contributed by atoms with van der Waals surface area (Å²) in [6.07, 6.45) is 7.06. The molecule has 21 heavy (non-hydrogen) atoms. The summed E-state index contributed by atoms with van der Waals surface area (Å²) in [5.74, 6) is 1.21. The van der Waals surface area contributed by atoms with E-state index in [1.165, 1.54) is 28.8 Å². The molecule has 1 aliphatic carbocycles. The zero-order valence-electron chi connectivity index (χ0n) is 12.4. The summed E-state index contributed by atoms with van der Waals surface area (Å²) in [4.78, 5) is 0. The molecule has 0 spiro atoms. The Labute approximate surface area is 126 Å². The largest absolute Gasteiger partial charge is 0.378 e. The summed E-state index contributed by atoms with van der Waals surface area (Å²) in [7, 11) is 0. The number of anilines is 1. The molecule has 0 aromatic heterocycles. The Morgan fingerprint density at radius 1 is 1.10 bits per heavy atom. The van der Waals surface area contributed by atoms with Crippen LogP contribution in [0, 0.1) is 5.92 Å². The van der Waals surface area contributed by atoms with E-state index in [1.54, 1.807) is 0 Å². The Balaban J connectivity index is 1.78. The van der Waals surface area contributed by atoms with Gasteiger partial charge in [0.1, 0.15) is 0 Å². The third-order valence-corrected chi connectivity index (χ3v) is 4.99. The first-order chi connectivity index (χ1) is 10.4. The SMILES string of the molecule is CCc1ccc2c(c1)[C@@H]1C=CC[C@@H]1[C@@H](c1ccccc1)N2. The highest BCUT2D eigenvalue weighted by atomic mass is 15.0. The number of hydrogen-bond acceptors (Lipinski definition) is 1. The maximum Gasteiger partial charge on any atom is 0.0553 e. The normalized spacial score (nSPS) is 26.0. The summed E-state index contributed by atoms with van der Waals surface area (Å²) in [6, 6.07) is 18.2. The third-order valence-electron chi connectivity index (χ3n) is 4.99. The molecule has 1 N–H and O–H groups in total. The molecule has 1 heterocycles. The first-order valence-corrected chi connectivity index (χ1v) is 7.98. The lowest BCUT2D eigenvalue weighted by Crippen LogP contribution is -2.29. The molecule has 3 atom stereocenters. The van der Waals surface area contributed by atoms with Crippen molar-refractivity contribution in [2.24, 2.45) is 5.92 Å². The highest BCUT2D eigenvalue weighted by molar-refractivity contribution is 5.60. The molecule has 1 aliphatic heterocycles. The first kappa shape index (κ1) is 12.7. The summed E-state index contributed by atoms with van der Waals surface area (Å²) in [5.41, 5.74) is 5.64. The van der Waals surface area contributed by atoms with Crippen LogP contribution in [0.15, 0.2) is 60.7 Å². The Kier molecular flexibility index (Phi) is 3.07. The molecular formula is C20H21N. The van der Waals surface area contributed by atoms with Gasteiger partial charge in [0.2, 0.25) is 0 Å². The molecule has 2 aliphatic rings. The van der Waals surface area contributed by atoms with Crippen LogP contribution in [-0.2, 0) is 6.42 Å². The minimum atomic E-state index is 0.422. The summed E-state index contributed by atoms with van der Waals surface area (Å²) in [6.45, 7) is 2.23. The maximum absolute atomic E-state index is 3.80. The third kappa shape index (κ3) is 2.08. The molecule has 0 fully saturated rings. The van der Waals surface area contributed by atoms with Crippen LogP contribution in [-0.4, -0.2) is 0 Å². The van der Waals surface area contributed by atoms with Crippen molar-refractivity contribution < 1.29 is 0 Å². The van der Waals surface area contributed by atoms with Gasteiger partial charge in [-0.25, -0.2) is 0 Å². The van der Waals surface area contributed by atoms with Crippen molar-refractivity contribution in [2.45, 2.75) is 31.7 Å². The van der Waals surface area contributed by atoms with E-state index in [0.717, 1.165) is 6.42 Å². The van der Waals surface area contributed by atoms with Crippen LogP contribution < -0.4 is 5.32 Å². The number of fused-ring (bicyclic) bond motifs is 3. The van der Waals surface area contributed by atoms with Crippen LogP contribution in [0.3, 0.4) is 0 Å². The highest BCUT2D eigenvalue weighted by Crippen LogP contribution is 2.49. The quantitative estimate of drug-likeness (QED) is 0.754. The van der Waals surface area contributed by atoms with Gasteiger partial charge in [-0.1, -0.05) is 61.5 Å². The van der Waals surface area contributed by atoms with E-state index < -0.39 is 0 Å².